The summed E-state index contributed by atoms with van der Waals surface area (Å²) in [5.74, 6) is 1.16. The van der Waals surface area contributed by atoms with Gasteiger partial charge in [0.15, 0.2) is 5.78 Å². The number of Topliss-reactive ketones (excluding diaryl/α,β-unsaturated/α-hetero) is 1. The lowest BCUT2D eigenvalue weighted by molar-refractivity contribution is -0.119. The molecule has 0 aliphatic heterocycles. The summed E-state index contributed by atoms with van der Waals surface area (Å²) in [5, 5.41) is 5.66. The molecule has 2 amide bonds. The fourth-order valence-electron chi connectivity index (χ4n) is 5.61. The molecular formula is C45H46N2O7. The van der Waals surface area contributed by atoms with Crippen molar-refractivity contribution in [3.05, 3.63) is 150 Å². The van der Waals surface area contributed by atoms with Crippen molar-refractivity contribution < 1.29 is 33.4 Å². The van der Waals surface area contributed by atoms with Crippen molar-refractivity contribution >= 4 is 29.3 Å². The fourth-order valence-corrected chi connectivity index (χ4v) is 5.61. The number of benzene rings is 5. The molecule has 0 unspecified atom stereocenters. The van der Waals surface area contributed by atoms with E-state index >= 15 is 0 Å². The van der Waals surface area contributed by atoms with E-state index in [9.17, 15) is 19.2 Å². The highest BCUT2D eigenvalue weighted by atomic mass is 16.5. The average molecular weight is 727 g/mol. The van der Waals surface area contributed by atoms with Gasteiger partial charge in [-0.3, -0.25) is 14.4 Å². The molecule has 0 aromatic heterocycles. The first-order chi connectivity index (χ1) is 26.2. The normalized spacial score (nSPS) is 11.2. The van der Waals surface area contributed by atoms with E-state index in [1.807, 2.05) is 54.6 Å². The fraction of sp³-hybridized carbons (Fsp3) is 0.244. The van der Waals surface area contributed by atoms with E-state index in [1.165, 1.54) is 26.2 Å². The van der Waals surface area contributed by atoms with Gasteiger partial charge in [-0.25, -0.2) is 4.79 Å². The molecule has 0 saturated heterocycles. The summed E-state index contributed by atoms with van der Waals surface area (Å²) in [5.41, 5.74) is 2.89. The number of amides is 2. The van der Waals surface area contributed by atoms with Crippen molar-refractivity contribution in [2.45, 2.75) is 64.8 Å². The summed E-state index contributed by atoms with van der Waals surface area (Å²) < 4.78 is 17.1. The van der Waals surface area contributed by atoms with Crippen LogP contribution in [0.5, 0.6) is 23.0 Å². The van der Waals surface area contributed by atoms with Crippen molar-refractivity contribution in [3.63, 3.8) is 0 Å². The molecule has 9 heteroatoms. The maximum absolute atomic E-state index is 13.1. The van der Waals surface area contributed by atoms with Gasteiger partial charge in [0.1, 0.15) is 23.0 Å². The molecule has 0 spiro atoms. The number of esters is 1. The Morgan fingerprint density at radius 3 is 1.87 bits per heavy atom. The predicted molar refractivity (Wildman–Crippen MR) is 209 cm³/mol. The molecule has 2 N–H and O–H groups in total. The largest absolute Gasteiger partial charge is 0.494 e. The second-order valence-corrected chi connectivity index (χ2v) is 13.0. The zero-order chi connectivity index (χ0) is 38.1. The van der Waals surface area contributed by atoms with Crippen LogP contribution in [0.1, 0.15) is 77.8 Å². The molecule has 5 aromatic rings. The summed E-state index contributed by atoms with van der Waals surface area (Å²) in [6, 6.07) is 36.2. The van der Waals surface area contributed by atoms with Gasteiger partial charge in [-0.2, -0.15) is 0 Å². The van der Waals surface area contributed by atoms with E-state index in [4.69, 9.17) is 14.2 Å². The van der Waals surface area contributed by atoms with E-state index in [2.05, 4.69) is 17.6 Å². The van der Waals surface area contributed by atoms with Crippen LogP contribution in [0.15, 0.2) is 127 Å². The number of carbonyl (C=O) groups excluding carboxylic acids is 4. The number of hydrogen-bond acceptors (Lipinski definition) is 7. The minimum Gasteiger partial charge on any atom is -0.494 e. The number of unbranched alkanes of at least 4 members (excludes halogenated alkanes) is 4. The van der Waals surface area contributed by atoms with Gasteiger partial charge in [0.25, 0.3) is 5.91 Å². The summed E-state index contributed by atoms with van der Waals surface area (Å²) >= 11 is 0. The van der Waals surface area contributed by atoms with Crippen molar-refractivity contribution in [2.24, 2.45) is 0 Å². The quantitative estimate of drug-likeness (QED) is 0.0495. The lowest BCUT2D eigenvalue weighted by Crippen LogP contribution is -2.41. The van der Waals surface area contributed by atoms with Crippen LogP contribution in [-0.4, -0.2) is 36.2 Å². The zero-order valence-electron chi connectivity index (χ0n) is 30.7. The molecule has 0 fully saturated rings. The number of carbonyl (C=O) groups is 4. The van der Waals surface area contributed by atoms with E-state index in [-0.39, 0.29) is 24.5 Å². The number of para-hydroxylation sites is 1. The molecule has 0 heterocycles. The third kappa shape index (κ3) is 12.5. The standard InChI is InChI=1S/C45H46N2O7/c1-3-4-5-6-10-29-52-38-27-19-36(20-28-38)45(51)54-41-25-13-33(14-26-41)30-42(32(2)48)47-44(50)35-17-21-37(22-18-35)46-43(49)31-34-15-23-40(24-16-34)53-39-11-8-7-9-12-39/h7-9,11-28,42H,3-6,10,29-31H2,1-2H3,(H,46,49)(H,47,50)/t42-/m0/s1. The minimum absolute atomic E-state index is 0.167. The van der Waals surface area contributed by atoms with E-state index < -0.39 is 17.9 Å². The summed E-state index contributed by atoms with van der Waals surface area (Å²) in [6.45, 7) is 4.26. The van der Waals surface area contributed by atoms with Crippen LogP contribution < -0.4 is 24.8 Å². The predicted octanol–water partition coefficient (Wildman–Crippen LogP) is 9.16. The molecule has 5 aromatic carbocycles. The average Bonchev–Trinajstić information content (AvgIpc) is 3.18. The summed E-state index contributed by atoms with van der Waals surface area (Å²) in [6.07, 6.45) is 6.22. The Balaban J connectivity index is 1.06. The number of nitrogens with one attached hydrogen (secondary N) is 2. The number of rotatable bonds is 19. The zero-order valence-corrected chi connectivity index (χ0v) is 30.7. The van der Waals surface area contributed by atoms with Gasteiger partial charge < -0.3 is 24.8 Å². The molecule has 0 bridgehead atoms. The van der Waals surface area contributed by atoms with Crippen LogP contribution in [0.2, 0.25) is 0 Å². The van der Waals surface area contributed by atoms with E-state index in [1.54, 1.807) is 72.8 Å². The third-order valence-electron chi connectivity index (χ3n) is 8.67. The topological polar surface area (TPSA) is 120 Å². The molecule has 0 aliphatic rings. The monoisotopic (exact) mass is 726 g/mol. The van der Waals surface area contributed by atoms with Crippen LogP contribution in [0.25, 0.3) is 0 Å². The Morgan fingerprint density at radius 1 is 0.611 bits per heavy atom. The molecule has 0 saturated carbocycles. The van der Waals surface area contributed by atoms with Crippen LogP contribution in [0.4, 0.5) is 5.69 Å². The third-order valence-corrected chi connectivity index (χ3v) is 8.67. The highest BCUT2D eigenvalue weighted by Crippen LogP contribution is 2.22. The highest BCUT2D eigenvalue weighted by Gasteiger charge is 2.19. The lowest BCUT2D eigenvalue weighted by Gasteiger charge is -2.17. The van der Waals surface area contributed by atoms with Crippen molar-refractivity contribution in [2.75, 3.05) is 11.9 Å². The first kappa shape index (κ1) is 39.0. The Labute approximate surface area is 316 Å². The molecule has 1 atom stereocenters. The molecule has 54 heavy (non-hydrogen) atoms. The van der Waals surface area contributed by atoms with Crippen molar-refractivity contribution in [3.8, 4) is 23.0 Å². The van der Waals surface area contributed by atoms with Crippen molar-refractivity contribution in [1.29, 1.82) is 0 Å². The van der Waals surface area contributed by atoms with Gasteiger partial charge in [0.2, 0.25) is 5.91 Å². The number of ether oxygens (including phenoxy) is 3. The molecule has 0 aliphatic carbocycles. The van der Waals surface area contributed by atoms with Gasteiger partial charge in [-0.15, -0.1) is 0 Å². The van der Waals surface area contributed by atoms with Crippen LogP contribution >= 0.6 is 0 Å². The maximum Gasteiger partial charge on any atom is 0.343 e. The molecule has 0 radical (unpaired) electrons. The summed E-state index contributed by atoms with van der Waals surface area (Å²) in [7, 11) is 0. The Hall–Kier alpha value is -6.22. The molecule has 5 rings (SSSR count). The second-order valence-electron chi connectivity index (χ2n) is 13.0. The number of hydrogen-bond donors (Lipinski definition) is 2. The molecule has 9 nitrogen and oxygen atoms in total. The van der Waals surface area contributed by atoms with Crippen LogP contribution in [0.3, 0.4) is 0 Å². The maximum atomic E-state index is 13.1. The van der Waals surface area contributed by atoms with Gasteiger partial charge >= 0.3 is 5.97 Å². The lowest BCUT2D eigenvalue weighted by atomic mass is 10.0. The van der Waals surface area contributed by atoms with E-state index in [0.717, 1.165) is 29.7 Å². The van der Waals surface area contributed by atoms with Gasteiger partial charge in [0, 0.05) is 11.3 Å². The molecule has 278 valence electrons. The Kier molecular flexibility index (Phi) is 14.5. The minimum atomic E-state index is -0.771. The second kappa shape index (κ2) is 20.1. The van der Waals surface area contributed by atoms with Gasteiger partial charge in [-0.1, -0.05) is 75.1 Å². The van der Waals surface area contributed by atoms with Crippen LogP contribution in [-0.2, 0) is 22.4 Å². The van der Waals surface area contributed by atoms with Gasteiger partial charge in [-0.05, 0) is 116 Å². The smallest absolute Gasteiger partial charge is 0.343 e. The van der Waals surface area contributed by atoms with Crippen molar-refractivity contribution in [1.82, 2.24) is 5.32 Å². The molecular weight excluding hydrogens is 681 g/mol. The Morgan fingerprint density at radius 2 is 1.20 bits per heavy atom. The SMILES string of the molecule is CCCCCCCOc1ccc(C(=O)Oc2ccc(C[C@H](NC(=O)c3ccc(NC(=O)Cc4ccc(Oc5ccccc5)cc4)cc3)C(C)=O)cc2)cc1. The first-order valence-electron chi connectivity index (χ1n) is 18.3. The number of anilines is 1. The highest BCUT2D eigenvalue weighted by molar-refractivity contribution is 5.98. The van der Waals surface area contributed by atoms with E-state index in [0.29, 0.717) is 40.7 Å². The first-order valence-corrected chi connectivity index (χ1v) is 18.3. The number of ketones is 1. The van der Waals surface area contributed by atoms with Crippen LogP contribution in [0, 0.1) is 0 Å². The summed E-state index contributed by atoms with van der Waals surface area (Å²) in [4.78, 5) is 51.0. The Bertz CT molecular complexity index is 1960. The van der Waals surface area contributed by atoms with Gasteiger partial charge in [0.05, 0.1) is 24.6 Å².